The van der Waals surface area contributed by atoms with Gasteiger partial charge in [-0.05, 0) is 42.3 Å². The van der Waals surface area contributed by atoms with Gasteiger partial charge < -0.3 is 14.8 Å². The van der Waals surface area contributed by atoms with Crippen molar-refractivity contribution in [2.45, 2.75) is 24.5 Å². The molecular weight excluding hydrogens is 398 g/mol. The minimum atomic E-state index is -1.29. The minimum Gasteiger partial charge on any atom is -0.497 e. The topological polar surface area (TPSA) is 64.6 Å². The number of amides is 1. The van der Waals surface area contributed by atoms with Crippen molar-refractivity contribution in [3.8, 4) is 5.75 Å². The Hall–Kier alpha value is -3.12. The highest BCUT2D eigenvalue weighted by molar-refractivity contribution is 7.85. The maximum absolute atomic E-state index is 12.9. The molecule has 0 saturated heterocycles. The van der Waals surface area contributed by atoms with Gasteiger partial charge in [0.1, 0.15) is 12.4 Å². The largest absolute Gasteiger partial charge is 0.497 e. The van der Waals surface area contributed by atoms with Crippen LogP contribution in [0.15, 0.2) is 83.8 Å². The Kier molecular flexibility index (Phi) is 7.63. The Morgan fingerprint density at radius 3 is 2.27 bits per heavy atom. The number of nitrogens with one attached hydrogen (secondary N) is 1. The van der Waals surface area contributed by atoms with Gasteiger partial charge in [-0.2, -0.15) is 0 Å². The number of methoxy groups -OCH3 is 1. The molecule has 1 unspecified atom stereocenters. The van der Waals surface area contributed by atoms with Crippen molar-refractivity contribution in [1.82, 2.24) is 5.32 Å². The van der Waals surface area contributed by atoms with Gasteiger partial charge in [0.2, 0.25) is 0 Å². The monoisotopic (exact) mass is 423 g/mol. The van der Waals surface area contributed by atoms with Crippen LogP contribution >= 0.6 is 0 Å². The number of rotatable bonds is 8. The second-order valence-electron chi connectivity index (χ2n) is 6.86. The molecule has 0 heterocycles. The summed E-state index contributed by atoms with van der Waals surface area (Å²) in [7, 11) is 0.308. The van der Waals surface area contributed by atoms with E-state index in [9.17, 15) is 9.00 Å². The molecule has 1 amide bonds. The third kappa shape index (κ3) is 6.19. The van der Waals surface area contributed by atoms with E-state index >= 15 is 0 Å². The normalized spacial score (nSPS) is 12.6. The summed E-state index contributed by atoms with van der Waals surface area (Å²) in [6.07, 6.45) is -0.555. The Bertz CT molecular complexity index is 972. The lowest BCUT2D eigenvalue weighted by atomic mass is 10.1. The Labute approximate surface area is 179 Å². The van der Waals surface area contributed by atoms with Crippen LogP contribution in [0.2, 0.25) is 0 Å². The molecule has 30 heavy (non-hydrogen) atoms. The summed E-state index contributed by atoms with van der Waals surface area (Å²) in [5, 5.41) is 2.86. The van der Waals surface area contributed by atoms with Gasteiger partial charge in [-0.15, -0.1) is 0 Å². The highest BCUT2D eigenvalue weighted by Gasteiger charge is 2.20. The van der Waals surface area contributed by atoms with E-state index in [1.165, 1.54) is 0 Å². The molecule has 0 spiro atoms. The zero-order valence-corrected chi connectivity index (χ0v) is 17.9. The zero-order chi connectivity index (χ0) is 21.3. The van der Waals surface area contributed by atoms with E-state index in [4.69, 9.17) is 9.47 Å². The van der Waals surface area contributed by atoms with Crippen molar-refractivity contribution in [2.75, 3.05) is 12.9 Å². The van der Waals surface area contributed by atoms with Crippen molar-refractivity contribution in [2.24, 2.45) is 0 Å². The lowest BCUT2D eigenvalue weighted by Gasteiger charge is -2.19. The molecule has 6 heteroatoms. The Morgan fingerprint density at radius 1 is 0.967 bits per heavy atom. The molecule has 2 atom stereocenters. The van der Waals surface area contributed by atoms with E-state index in [1.807, 2.05) is 85.8 Å². The third-order valence-corrected chi connectivity index (χ3v) is 6.06. The van der Waals surface area contributed by atoms with Crippen LogP contribution in [-0.2, 0) is 22.1 Å². The van der Waals surface area contributed by atoms with Crippen molar-refractivity contribution in [3.05, 3.63) is 95.6 Å². The fourth-order valence-electron chi connectivity index (χ4n) is 2.90. The number of hydrogen-bond acceptors (Lipinski definition) is 4. The van der Waals surface area contributed by atoms with Crippen molar-refractivity contribution in [3.63, 3.8) is 0 Å². The molecule has 3 aromatic carbocycles. The highest BCUT2D eigenvalue weighted by atomic mass is 32.2. The van der Waals surface area contributed by atoms with Gasteiger partial charge >= 0.3 is 6.09 Å². The van der Waals surface area contributed by atoms with Crippen LogP contribution in [0.1, 0.15) is 22.7 Å². The molecular formula is C24H25NO4S. The second-order valence-corrected chi connectivity index (χ2v) is 8.35. The summed E-state index contributed by atoms with van der Waals surface area (Å²) in [6.45, 7) is 2.15. The van der Waals surface area contributed by atoms with E-state index in [1.54, 1.807) is 7.11 Å². The molecule has 0 aromatic heterocycles. The maximum atomic E-state index is 12.9. The summed E-state index contributed by atoms with van der Waals surface area (Å²) in [4.78, 5) is 13.1. The quantitative estimate of drug-likeness (QED) is 0.566. The fourth-order valence-corrected chi connectivity index (χ4v) is 4.11. The lowest BCUT2D eigenvalue weighted by Crippen LogP contribution is -2.32. The van der Waals surface area contributed by atoms with E-state index in [-0.39, 0.29) is 12.4 Å². The predicted molar refractivity (Wildman–Crippen MR) is 118 cm³/mol. The molecule has 0 aliphatic carbocycles. The first-order valence-electron chi connectivity index (χ1n) is 9.61. The van der Waals surface area contributed by atoms with Gasteiger partial charge in [0.05, 0.1) is 29.7 Å². The molecule has 1 N–H and O–H groups in total. The van der Waals surface area contributed by atoms with Crippen LogP contribution in [0.4, 0.5) is 4.79 Å². The summed E-state index contributed by atoms with van der Waals surface area (Å²) in [5.74, 6) is 0.944. The summed E-state index contributed by atoms with van der Waals surface area (Å²) < 4.78 is 23.5. The molecule has 3 rings (SSSR count). The number of ether oxygens (including phenoxy) is 2. The Morgan fingerprint density at radius 2 is 1.63 bits per heavy atom. The molecule has 5 nitrogen and oxygen atoms in total. The molecule has 0 aliphatic rings. The highest BCUT2D eigenvalue weighted by Crippen LogP contribution is 2.21. The number of carbonyl (C=O) groups is 1. The first kappa shape index (κ1) is 21.6. The SMILES string of the molecule is COc1ccc([C@@H](CS(=O)c2ccc(C)cc2)NC(=O)OCc2ccccc2)cc1. The van der Waals surface area contributed by atoms with Crippen LogP contribution in [0.3, 0.4) is 0 Å². The Balaban J connectivity index is 1.71. The van der Waals surface area contributed by atoms with Gasteiger partial charge in [-0.1, -0.05) is 60.2 Å². The van der Waals surface area contributed by atoms with E-state index < -0.39 is 22.9 Å². The van der Waals surface area contributed by atoms with E-state index in [0.717, 1.165) is 21.6 Å². The minimum absolute atomic E-state index is 0.170. The van der Waals surface area contributed by atoms with Crippen LogP contribution in [0.25, 0.3) is 0 Å². The van der Waals surface area contributed by atoms with Gasteiger partial charge in [-0.25, -0.2) is 4.79 Å². The average Bonchev–Trinajstić information content (AvgIpc) is 2.78. The summed E-state index contributed by atoms with van der Waals surface area (Å²) in [5.41, 5.74) is 2.83. The fraction of sp³-hybridized carbons (Fsp3) is 0.208. The van der Waals surface area contributed by atoms with Gasteiger partial charge in [-0.3, -0.25) is 4.21 Å². The summed E-state index contributed by atoms with van der Waals surface area (Å²) in [6, 6.07) is 23.9. The molecule has 156 valence electrons. The predicted octanol–water partition coefficient (Wildman–Crippen LogP) is 4.78. The standard InChI is InChI=1S/C24H25NO4S/c1-18-8-14-22(15-9-18)30(27)17-23(20-10-12-21(28-2)13-11-20)25-24(26)29-16-19-6-4-3-5-7-19/h3-15,23H,16-17H2,1-2H3,(H,25,26)/t23-,30?/m1/s1. The van der Waals surface area contributed by atoms with Crippen LogP contribution in [0, 0.1) is 6.92 Å². The molecule has 3 aromatic rings. The van der Waals surface area contributed by atoms with Crippen LogP contribution < -0.4 is 10.1 Å². The number of benzene rings is 3. The van der Waals surface area contributed by atoms with E-state index in [2.05, 4.69) is 5.32 Å². The molecule has 0 saturated carbocycles. The van der Waals surface area contributed by atoms with Gasteiger partial charge in [0.25, 0.3) is 0 Å². The zero-order valence-electron chi connectivity index (χ0n) is 17.0. The van der Waals surface area contributed by atoms with Crippen LogP contribution in [0.5, 0.6) is 5.75 Å². The van der Waals surface area contributed by atoms with Crippen molar-refractivity contribution < 1.29 is 18.5 Å². The number of carbonyl (C=O) groups excluding carboxylic acids is 1. The summed E-state index contributed by atoms with van der Waals surface area (Å²) >= 11 is 0. The number of aryl methyl sites for hydroxylation is 1. The maximum Gasteiger partial charge on any atom is 0.407 e. The third-order valence-electron chi connectivity index (χ3n) is 4.62. The van der Waals surface area contributed by atoms with Crippen LogP contribution in [-0.4, -0.2) is 23.2 Å². The van der Waals surface area contributed by atoms with Crippen molar-refractivity contribution >= 4 is 16.9 Å². The smallest absolute Gasteiger partial charge is 0.407 e. The number of hydrogen-bond donors (Lipinski definition) is 1. The molecule has 0 radical (unpaired) electrons. The molecule has 0 bridgehead atoms. The molecule has 0 fully saturated rings. The lowest BCUT2D eigenvalue weighted by molar-refractivity contribution is 0.136. The average molecular weight is 424 g/mol. The van der Waals surface area contributed by atoms with Gasteiger partial charge in [0.15, 0.2) is 0 Å². The number of alkyl carbamates (subject to hydrolysis) is 1. The van der Waals surface area contributed by atoms with Crippen molar-refractivity contribution in [1.29, 1.82) is 0 Å². The van der Waals surface area contributed by atoms with E-state index in [0.29, 0.717) is 5.75 Å². The van der Waals surface area contributed by atoms with Gasteiger partial charge in [0, 0.05) is 4.90 Å². The first-order valence-corrected chi connectivity index (χ1v) is 10.9. The second kappa shape index (κ2) is 10.6. The molecule has 0 aliphatic heterocycles. The first-order chi connectivity index (χ1) is 14.5.